The molecule has 0 spiro atoms. The second kappa shape index (κ2) is 10.8. The molecule has 1 aromatic heterocycles. The van der Waals surface area contributed by atoms with Crippen LogP contribution in [-0.4, -0.2) is 20.1 Å². The molecule has 0 aliphatic carbocycles. The fraction of sp³-hybridized carbons (Fsp3) is 0.0690. The van der Waals surface area contributed by atoms with E-state index < -0.39 is 55.4 Å². The Morgan fingerprint density at radius 3 is 2.12 bits per heavy atom. The lowest BCUT2D eigenvalue weighted by Crippen LogP contribution is -2.19. The van der Waals surface area contributed by atoms with Crippen LogP contribution in [0.1, 0.15) is 5.56 Å². The van der Waals surface area contributed by atoms with Gasteiger partial charge in [-0.3, -0.25) is 9.36 Å². The maximum Gasteiger partial charge on any atom is 0.339 e. The molecule has 0 fully saturated rings. The molecule has 1 heterocycles. The quantitative estimate of drug-likeness (QED) is 0.0876. The lowest BCUT2D eigenvalue weighted by atomic mass is 10.00. The third-order valence-electron chi connectivity index (χ3n) is 6.45. The van der Waals surface area contributed by atoms with E-state index in [1.54, 1.807) is 30.3 Å². The minimum atomic E-state index is -5.10. The maximum absolute atomic E-state index is 14.1. The molecule has 0 N–H and O–H groups in total. The van der Waals surface area contributed by atoms with Crippen molar-refractivity contribution < 1.29 is 39.3 Å². The third-order valence-corrected chi connectivity index (χ3v) is 7.90. The number of methoxy groups -OCH3 is 1. The first-order valence-electron chi connectivity index (χ1n) is 11.9. The van der Waals surface area contributed by atoms with Crippen molar-refractivity contribution in [2.45, 2.75) is 11.8 Å². The molecule has 216 valence electrons. The molecule has 6 nitrogen and oxygen atoms in total. The van der Waals surface area contributed by atoms with Crippen molar-refractivity contribution in [3.63, 3.8) is 0 Å². The van der Waals surface area contributed by atoms with Crippen LogP contribution in [0.15, 0.2) is 76.4 Å². The molecular weight excluding hydrogens is 605 g/mol. The Labute approximate surface area is 240 Å². The van der Waals surface area contributed by atoms with E-state index in [2.05, 4.69) is 4.18 Å². The van der Waals surface area contributed by atoms with Crippen molar-refractivity contribution in [3.05, 3.63) is 117 Å². The normalized spacial score (nSPS) is 11.6. The standard InChI is InChI=1S/C29H17ClF5NO5S/c1-14-3-6-17(30)13-19(14)15-4-8-21(22(12-15)40-2)36-20-9-7-18(11-16(20)5-10-23(36)37)42(38,39)41-29-27(34)25(32)24(31)26(33)28(29)35/h3-13H,1-2H3. The van der Waals surface area contributed by atoms with Crippen LogP contribution in [-0.2, 0) is 10.1 Å². The fourth-order valence-corrected chi connectivity index (χ4v) is 5.52. The maximum atomic E-state index is 14.1. The SMILES string of the molecule is COc1cc(-c2cc(Cl)ccc2C)ccc1-n1c(=O)ccc2cc(S(=O)(=O)Oc3c(F)c(F)c(F)c(F)c3F)ccc21. The third kappa shape index (κ3) is 4.96. The van der Waals surface area contributed by atoms with Gasteiger partial charge in [-0.2, -0.15) is 17.2 Å². The molecule has 0 saturated carbocycles. The highest BCUT2D eigenvalue weighted by molar-refractivity contribution is 7.87. The van der Waals surface area contributed by atoms with Crippen LogP contribution in [0.3, 0.4) is 0 Å². The van der Waals surface area contributed by atoms with E-state index in [4.69, 9.17) is 16.3 Å². The highest BCUT2D eigenvalue weighted by atomic mass is 35.5. The van der Waals surface area contributed by atoms with Gasteiger partial charge in [0.1, 0.15) is 10.6 Å². The summed E-state index contributed by atoms with van der Waals surface area (Å²) in [4.78, 5) is 12.3. The minimum Gasteiger partial charge on any atom is -0.495 e. The van der Waals surface area contributed by atoms with Crippen LogP contribution < -0.4 is 14.5 Å². The van der Waals surface area contributed by atoms with Gasteiger partial charge in [-0.05, 0) is 72.1 Å². The molecule has 0 atom stereocenters. The minimum absolute atomic E-state index is 0.161. The summed E-state index contributed by atoms with van der Waals surface area (Å²) in [5.41, 5.74) is 2.55. The molecule has 0 bridgehead atoms. The molecule has 5 rings (SSSR count). The summed E-state index contributed by atoms with van der Waals surface area (Å²) >= 11 is 6.17. The molecular formula is C29H17ClF5NO5S. The summed E-state index contributed by atoms with van der Waals surface area (Å²) in [6.07, 6.45) is 0. The van der Waals surface area contributed by atoms with Gasteiger partial charge in [0, 0.05) is 16.5 Å². The van der Waals surface area contributed by atoms with Gasteiger partial charge >= 0.3 is 10.1 Å². The lowest BCUT2D eigenvalue weighted by molar-refractivity contribution is 0.346. The summed E-state index contributed by atoms with van der Waals surface area (Å²) in [6.45, 7) is 1.91. The van der Waals surface area contributed by atoms with Crippen LogP contribution in [0.5, 0.6) is 11.5 Å². The number of halogens is 6. The molecule has 0 aliphatic heterocycles. The highest BCUT2D eigenvalue weighted by Crippen LogP contribution is 2.35. The number of aromatic nitrogens is 1. The Morgan fingerprint density at radius 1 is 0.786 bits per heavy atom. The predicted octanol–water partition coefficient (Wildman–Crippen LogP) is 7.09. The van der Waals surface area contributed by atoms with Gasteiger partial charge in [0.2, 0.25) is 34.8 Å². The van der Waals surface area contributed by atoms with E-state index in [1.807, 2.05) is 13.0 Å². The Balaban J connectivity index is 1.60. The van der Waals surface area contributed by atoms with E-state index in [-0.39, 0.29) is 10.9 Å². The van der Waals surface area contributed by atoms with Crippen molar-refractivity contribution in [2.75, 3.05) is 7.11 Å². The average Bonchev–Trinajstić information content (AvgIpc) is 2.98. The number of benzene rings is 4. The topological polar surface area (TPSA) is 74.6 Å². The summed E-state index contributed by atoms with van der Waals surface area (Å²) < 4.78 is 105. The molecule has 13 heteroatoms. The van der Waals surface area contributed by atoms with Gasteiger partial charge in [0.05, 0.1) is 18.3 Å². The zero-order valence-corrected chi connectivity index (χ0v) is 23.1. The Morgan fingerprint density at radius 2 is 1.45 bits per heavy atom. The monoisotopic (exact) mass is 621 g/mol. The van der Waals surface area contributed by atoms with Crippen LogP contribution in [0, 0.1) is 36.0 Å². The molecule has 4 aromatic carbocycles. The molecule has 0 radical (unpaired) electrons. The molecule has 42 heavy (non-hydrogen) atoms. The second-order valence-electron chi connectivity index (χ2n) is 9.01. The van der Waals surface area contributed by atoms with Gasteiger partial charge in [-0.1, -0.05) is 23.7 Å². The number of ether oxygens (including phenoxy) is 1. The first kappa shape index (κ1) is 29.1. The summed E-state index contributed by atoms with van der Waals surface area (Å²) in [5, 5.41) is 0.687. The van der Waals surface area contributed by atoms with Crippen molar-refractivity contribution >= 4 is 32.6 Å². The summed E-state index contributed by atoms with van der Waals surface area (Å²) in [5.74, 6) is -13.8. The molecule has 0 amide bonds. The number of hydrogen-bond donors (Lipinski definition) is 0. The summed E-state index contributed by atoms with van der Waals surface area (Å²) in [6, 6.07) is 16.1. The molecule has 0 saturated heterocycles. The predicted molar refractivity (Wildman–Crippen MR) is 145 cm³/mol. The van der Waals surface area contributed by atoms with Gasteiger partial charge < -0.3 is 8.92 Å². The van der Waals surface area contributed by atoms with Crippen LogP contribution >= 0.6 is 11.6 Å². The van der Waals surface area contributed by atoms with Crippen molar-refractivity contribution in [1.82, 2.24) is 4.57 Å². The Kier molecular flexibility index (Phi) is 7.46. The van der Waals surface area contributed by atoms with Crippen molar-refractivity contribution in [1.29, 1.82) is 0 Å². The van der Waals surface area contributed by atoms with Crippen LogP contribution in [0.4, 0.5) is 22.0 Å². The highest BCUT2D eigenvalue weighted by Gasteiger charge is 2.31. The summed E-state index contributed by atoms with van der Waals surface area (Å²) in [7, 11) is -3.69. The van der Waals surface area contributed by atoms with E-state index in [0.29, 0.717) is 16.5 Å². The van der Waals surface area contributed by atoms with Gasteiger partial charge in [-0.15, -0.1) is 0 Å². The van der Waals surface area contributed by atoms with Gasteiger partial charge in [-0.25, -0.2) is 13.2 Å². The van der Waals surface area contributed by atoms with E-state index in [1.165, 1.54) is 23.8 Å². The van der Waals surface area contributed by atoms with Gasteiger partial charge in [0.25, 0.3) is 5.56 Å². The van der Waals surface area contributed by atoms with E-state index in [9.17, 15) is 35.2 Å². The number of pyridine rings is 1. The zero-order valence-electron chi connectivity index (χ0n) is 21.5. The zero-order chi connectivity index (χ0) is 30.5. The molecule has 5 aromatic rings. The number of fused-ring (bicyclic) bond motifs is 1. The lowest BCUT2D eigenvalue weighted by Gasteiger charge is -2.16. The first-order valence-corrected chi connectivity index (χ1v) is 13.7. The smallest absolute Gasteiger partial charge is 0.339 e. The van der Waals surface area contributed by atoms with Crippen molar-refractivity contribution in [2.24, 2.45) is 0 Å². The molecule has 0 aliphatic rings. The number of hydrogen-bond acceptors (Lipinski definition) is 5. The first-order chi connectivity index (χ1) is 19.8. The molecule has 0 unspecified atom stereocenters. The van der Waals surface area contributed by atoms with Crippen LogP contribution in [0.25, 0.3) is 27.7 Å². The van der Waals surface area contributed by atoms with E-state index >= 15 is 0 Å². The van der Waals surface area contributed by atoms with Gasteiger partial charge in [0.15, 0.2) is 0 Å². The average molecular weight is 622 g/mol. The number of aryl methyl sites for hydroxylation is 1. The Bertz CT molecular complexity index is 2050. The number of rotatable bonds is 6. The Hall–Kier alpha value is -4.42. The van der Waals surface area contributed by atoms with E-state index in [0.717, 1.165) is 34.9 Å². The second-order valence-corrected chi connectivity index (χ2v) is 11.0. The fourth-order valence-electron chi connectivity index (χ4n) is 4.38. The largest absolute Gasteiger partial charge is 0.495 e. The van der Waals surface area contributed by atoms with Crippen molar-refractivity contribution in [3.8, 4) is 28.3 Å². The number of nitrogens with zero attached hydrogens (tertiary/aromatic N) is 1. The van der Waals surface area contributed by atoms with Crippen LogP contribution in [0.2, 0.25) is 5.02 Å².